The number of pyridine rings is 1. The highest BCUT2D eigenvalue weighted by Gasteiger charge is 2.24. The molecule has 4 aromatic rings. The Labute approximate surface area is 195 Å². The molecule has 174 valence electrons. The van der Waals surface area contributed by atoms with Gasteiger partial charge in [-0.3, -0.25) is 4.79 Å². The van der Waals surface area contributed by atoms with Crippen molar-refractivity contribution in [3.63, 3.8) is 0 Å². The van der Waals surface area contributed by atoms with Crippen molar-refractivity contribution in [2.24, 2.45) is 0 Å². The number of hydrogen-bond donors (Lipinski definition) is 3. The van der Waals surface area contributed by atoms with Gasteiger partial charge in [0.25, 0.3) is 0 Å². The Hall–Kier alpha value is -4.21. The summed E-state index contributed by atoms with van der Waals surface area (Å²) >= 11 is 0. The first-order valence-corrected chi connectivity index (χ1v) is 11.0. The van der Waals surface area contributed by atoms with Crippen LogP contribution in [-0.4, -0.2) is 43.8 Å². The Morgan fingerprint density at radius 3 is 2.94 bits per heavy atom. The zero-order valence-electron chi connectivity index (χ0n) is 18.6. The molecular weight excluding hydrogens is 437 g/mol. The van der Waals surface area contributed by atoms with Gasteiger partial charge < -0.3 is 25.7 Å². The molecule has 4 N–H and O–H groups in total. The number of amides is 1. The molecule has 1 aliphatic rings. The average Bonchev–Trinajstić information content (AvgIpc) is 3.30. The molecule has 0 bridgehead atoms. The first-order chi connectivity index (χ1) is 16.5. The topological polar surface area (TPSA) is 122 Å². The number of H-pyrrole nitrogens is 1. The quantitative estimate of drug-likeness (QED) is 0.404. The zero-order chi connectivity index (χ0) is 23.7. The van der Waals surface area contributed by atoms with E-state index in [1.165, 1.54) is 6.07 Å². The minimum Gasteiger partial charge on any atom is -0.453 e. The molecule has 0 saturated carbocycles. The van der Waals surface area contributed by atoms with Crippen LogP contribution in [-0.2, 0) is 4.79 Å². The number of piperidine rings is 1. The van der Waals surface area contributed by atoms with Crippen molar-refractivity contribution in [2.75, 3.05) is 24.1 Å². The van der Waals surface area contributed by atoms with E-state index in [4.69, 9.17) is 10.5 Å². The molecule has 1 saturated heterocycles. The van der Waals surface area contributed by atoms with Crippen molar-refractivity contribution in [2.45, 2.75) is 25.7 Å². The second kappa shape index (κ2) is 8.97. The summed E-state index contributed by atoms with van der Waals surface area (Å²) in [5, 5.41) is 3.86. The van der Waals surface area contributed by atoms with E-state index in [0.717, 1.165) is 30.5 Å². The summed E-state index contributed by atoms with van der Waals surface area (Å²) in [5.74, 6) is 0.762. The van der Waals surface area contributed by atoms with Crippen molar-refractivity contribution in [3.8, 4) is 11.5 Å². The minimum absolute atomic E-state index is 0.0480. The van der Waals surface area contributed by atoms with Gasteiger partial charge in [-0.25, -0.2) is 14.4 Å². The summed E-state index contributed by atoms with van der Waals surface area (Å²) in [6.07, 6.45) is 5.15. The standard InChI is InChI=1S/C24H24FN7O2/c1-14(33)32-10-2-3-15(13-32)19-12-22(31-24(26)30-19)29-16-4-5-21(18(25)11-16)34-20-7-9-28-23-17(20)6-8-27-23/h4-9,11-12,15H,2-3,10,13H2,1H3,(H,27,28)(H3,26,29,30,31). The molecule has 0 radical (unpaired) electrons. The summed E-state index contributed by atoms with van der Waals surface area (Å²) in [6, 6.07) is 9.89. The van der Waals surface area contributed by atoms with Gasteiger partial charge in [0.2, 0.25) is 11.9 Å². The van der Waals surface area contributed by atoms with Crippen LogP contribution >= 0.6 is 0 Å². The number of nitrogen functional groups attached to an aromatic ring is 1. The van der Waals surface area contributed by atoms with E-state index in [1.54, 1.807) is 43.6 Å². The molecule has 1 atom stereocenters. The molecule has 10 heteroatoms. The van der Waals surface area contributed by atoms with E-state index in [-0.39, 0.29) is 23.5 Å². The highest BCUT2D eigenvalue weighted by Crippen LogP contribution is 2.32. The van der Waals surface area contributed by atoms with Crippen LogP contribution in [0.15, 0.2) is 48.8 Å². The van der Waals surface area contributed by atoms with E-state index < -0.39 is 5.82 Å². The smallest absolute Gasteiger partial charge is 0.222 e. The number of anilines is 3. The monoisotopic (exact) mass is 461 g/mol. The van der Waals surface area contributed by atoms with Gasteiger partial charge in [0.05, 0.1) is 11.1 Å². The van der Waals surface area contributed by atoms with E-state index in [9.17, 15) is 9.18 Å². The first kappa shape index (κ1) is 21.6. The molecule has 3 aromatic heterocycles. The van der Waals surface area contributed by atoms with Gasteiger partial charge >= 0.3 is 0 Å². The van der Waals surface area contributed by atoms with Gasteiger partial charge in [-0.1, -0.05) is 0 Å². The van der Waals surface area contributed by atoms with Crippen molar-refractivity contribution >= 4 is 34.4 Å². The molecule has 9 nitrogen and oxygen atoms in total. The molecular formula is C24H24FN7O2. The van der Waals surface area contributed by atoms with Gasteiger partial charge in [0.15, 0.2) is 11.6 Å². The summed E-state index contributed by atoms with van der Waals surface area (Å²) in [5.41, 5.74) is 7.86. The van der Waals surface area contributed by atoms with Crippen LogP contribution in [0.5, 0.6) is 11.5 Å². The third-order valence-electron chi connectivity index (χ3n) is 5.89. The second-order valence-corrected chi connectivity index (χ2v) is 8.26. The number of aromatic amines is 1. The lowest BCUT2D eigenvalue weighted by atomic mass is 9.94. The van der Waals surface area contributed by atoms with Gasteiger partial charge in [-0.05, 0) is 37.1 Å². The molecule has 0 aliphatic carbocycles. The Morgan fingerprint density at radius 2 is 2.12 bits per heavy atom. The Bertz CT molecular complexity index is 1360. The third kappa shape index (κ3) is 4.47. The zero-order valence-corrected chi connectivity index (χ0v) is 18.6. The van der Waals surface area contributed by atoms with Crippen LogP contribution in [0.25, 0.3) is 11.0 Å². The number of hydrogen-bond acceptors (Lipinski definition) is 7. The van der Waals surface area contributed by atoms with Crippen LogP contribution in [0, 0.1) is 5.82 Å². The lowest BCUT2D eigenvalue weighted by Crippen LogP contribution is -2.37. The Morgan fingerprint density at radius 1 is 1.24 bits per heavy atom. The molecule has 0 spiro atoms. The van der Waals surface area contributed by atoms with E-state index in [2.05, 4.69) is 25.3 Å². The molecule has 1 unspecified atom stereocenters. The van der Waals surface area contributed by atoms with Gasteiger partial charge in [-0.2, -0.15) is 4.98 Å². The number of ether oxygens (including phenoxy) is 1. The molecule has 1 amide bonds. The van der Waals surface area contributed by atoms with Crippen LogP contribution in [0.4, 0.5) is 21.8 Å². The normalized spacial score (nSPS) is 15.9. The highest BCUT2D eigenvalue weighted by atomic mass is 19.1. The number of carbonyl (C=O) groups is 1. The summed E-state index contributed by atoms with van der Waals surface area (Å²) in [7, 11) is 0. The van der Waals surface area contributed by atoms with Crippen molar-refractivity contribution in [1.82, 2.24) is 24.8 Å². The average molecular weight is 462 g/mol. The summed E-state index contributed by atoms with van der Waals surface area (Å²) in [6.45, 7) is 2.91. The Kier molecular flexibility index (Phi) is 5.70. The van der Waals surface area contributed by atoms with E-state index in [0.29, 0.717) is 29.4 Å². The second-order valence-electron chi connectivity index (χ2n) is 8.26. The lowest BCUT2D eigenvalue weighted by Gasteiger charge is -2.31. The van der Waals surface area contributed by atoms with Crippen LogP contribution < -0.4 is 15.8 Å². The largest absolute Gasteiger partial charge is 0.453 e. The first-order valence-electron chi connectivity index (χ1n) is 11.0. The molecule has 1 fully saturated rings. The van der Waals surface area contributed by atoms with Gasteiger partial charge in [-0.15, -0.1) is 0 Å². The molecule has 1 aliphatic heterocycles. The molecule has 1 aromatic carbocycles. The highest BCUT2D eigenvalue weighted by molar-refractivity contribution is 5.82. The number of nitrogens with zero attached hydrogens (tertiary/aromatic N) is 4. The fraction of sp³-hybridized carbons (Fsp3) is 0.250. The maximum Gasteiger partial charge on any atom is 0.222 e. The van der Waals surface area contributed by atoms with Gasteiger partial charge in [0, 0.05) is 56.1 Å². The fourth-order valence-corrected chi connectivity index (χ4v) is 4.22. The third-order valence-corrected chi connectivity index (χ3v) is 5.89. The number of benzene rings is 1. The summed E-state index contributed by atoms with van der Waals surface area (Å²) < 4.78 is 20.6. The summed E-state index contributed by atoms with van der Waals surface area (Å²) in [4.78, 5) is 29.4. The SMILES string of the molecule is CC(=O)N1CCCC(c2cc(Nc3ccc(Oc4ccnc5[nH]ccc45)c(F)c3)nc(N)n2)C1. The molecule has 4 heterocycles. The fourth-order valence-electron chi connectivity index (χ4n) is 4.22. The van der Waals surface area contributed by atoms with E-state index >= 15 is 0 Å². The number of fused-ring (bicyclic) bond motifs is 1. The number of nitrogens with one attached hydrogen (secondary N) is 2. The maximum absolute atomic E-state index is 14.8. The maximum atomic E-state index is 14.8. The number of likely N-dealkylation sites (tertiary alicyclic amines) is 1. The van der Waals surface area contributed by atoms with Crippen molar-refractivity contribution < 1.29 is 13.9 Å². The number of carbonyl (C=O) groups excluding carboxylic acids is 1. The van der Waals surface area contributed by atoms with E-state index in [1.807, 2.05) is 11.0 Å². The predicted octanol–water partition coefficient (Wildman–Crippen LogP) is 4.34. The van der Waals surface area contributed by atoms with Crippen LogP contribution in [0.3, 0.4) is 0 Å². The number of aromatic nitrogens is 4. The number of halogens is 1. The molecule has 5 rings (SSSR count). The minimum atomic E-state index is -0.530. The predicted molar refractivity (Wildman–Crippen MR) is 127 cm³/mol. The van der Waals surface area contributed by atoms with Crippen molar-refractivity contribution in [3.05, 3.63) is 60.3 Å². The van der Waals surface area contributed by atoms with Gasteiger partial charge in [0.1, 0.15) is 17.2 Å². The molecule has 34 heavy (non-hydrogen) atoms. The van der Waals surface area contributed by atoms with Crippen molar-refractivity contribution in [1.29, 1.82) is 0 Å². The Balaban J connectivity index is 1.34. The number of rotatable bonds is 5. The van der Waals surface area contributed by atoms with Crippen LogP contribution in [0.1, 0.15) is 31.4 Å². The number of nitrogens with two attached hydrogens (primary N) is 1. The lowest BCUT2D eigenvalue weighted by molar-refractivity contribution is -0.130. The van der Waals surface area contributed by atoms with Crippen LogP contribution in [0.2, 0.25) is 0 Å².